The fraction of sp³-hybridized carbons (Fsp3) is 0.0588. The summed E-state index contributed by atoms with van der Waals surface area (Å²) in [5, 5.41) is 2.42. The zero-order valence-corrected chi connectivity index (χ0v) is 23.6. The molecule has 4 nitrogen and oxygen atoms in total. The fourth-order valence-corrected chi connectivity index (χ4v) is 9.91. The highest BCUT2D eigenvalue weighted by atomic mass is 31.2. The minimum absolute atomic E-state index is 0.203. The molecule has 40 heavy (non-hydrogen) atoms. The van der Waals surface area contributed by atoms with E-state index in [2.05, 4.69) is 0 Å². The first-order valence-corrected chi connectivity index (χ1v) is 16.8. The van der Waals surface area contributed by atoms with Crippen LogP contribution in [0.15, 0.2) is 146 Å². The van der Waals surface area contributed by atoms with E-state index in [4.69, 9.17) is 0 Å². The second kappa shape index (κ2) is 12.0. The molecule has 0 heterocycles. The van der Waals surface area contributed by atoms with Gasteiger partial charge in [-0.2, -0.15) is 0 Å². The molecule has 0 saturated carbocycles. The Kier molecular flexibility index (Phi) is 8.21. The Bertz CT molecular complexity index is 1500. The first-order chi connectivity index (χ1) is 19.4. The van der Waals surface area contributed by atoms with E-state index in [0.717, 1.165) is 0 Å². The van der Waals surface area contributed by atoms with Gasteiger partial charge in [-0.1, -0.05) is 140 Å². The number of hydrogen-bond acceptors (Lipinski definition) is 4. The minimum atomic E-state index is -3.28. The van der Waals surface area contributed by atoms with Crippen LogP contribution in [0.4, 0.5) is 0 Å². The Morgan fingerprint density at radius 1 is 0.400 bits per heavy atom. The minimum Gasteiger partial charge on any atom is -0.313 e. The maximum absolute atomic E-state index is 14.4. The zero-order valence-electron chi connectivity index (χ0n) is 21.8. The van der Waals surface area contributed by atoms with Gasteiger partial charge in [-0.15, -0.1) is 0 Å². The summed E-state index contributed by atoms with van der Waals surface area (Å²) in [6.45, 7) is 0. The number of carbonyl (C=O) groups is 2. The average molecular weight is 563 g/mol. The van der Waals surface area contributed by atoms with Crippen molar-refractivity contribution in [1.82, 2.24) is 0 Å². The van der Waals surface area contributed by atoms with Crippen LogP contribution in [-0.2, 0) is 9.13 Å². The largest absolute Gasteiger partial charge is 0.313 e. The quantitative estimate of drug-likeness (QED) is 0.153. The molecule has 0 saturated heterocycles. The molecule has 0 fully saturated rings. The van der Waals surface area contributed by atoms with E-state index in [9.17, 15) is 18.7 Å². The smallest absolute Gasteiger partial charge is 0.170 e. The van der Waals surface area contributed by atoms with E-state index in [1.165, 1.54) is 6.07 Å². The molecule has 0 amide bonds. The molecule has 0 aromatic heterocycles. The summed E-state index contributed by atoms with van der Waals surface area (Å²) >= 11 is 0. The van der Waals surface area contributed by atoms with Gasteiger partial charge in [0.2, 0.25) is 0 Å². The third kappa shape index (κ3) is 5.75. The van der Waals surface area contributed by atoms with E-state index in [-0.39, 0.29) is 23.9 Å². The van der Waals surface area contributed by atoms with Crippen molar-refractivity contribution < 1.29 is 18.7 Å². The Morgan fingerprint density at radius 2 is 0.675 bits per heavy atom. The monoisotopic (exact) mass is 562 g/mol. The number of rotatable bonds is 10. The molecule has 0 radical (unpaired) electrons. The molecule has 5 aromatic carbocycles. The third-order valence-corrected chi connectivity index (χ3v) is 12.9. The summed E-state index contributed by atoms with van der Waals surface area (Å²) in [6, 6.07) is 42.6. The molecule has 0 N–H and O–H groups in total. The van der Waals surface area contributed by atoms with Crippen LogP contribution in [0, 0.1) is 0 Å². The van der Waals surface area contributed by atoms with Crippen LogP contribution in [0.25, 0.3) is 0 Å². The Balaban J connectivity index is 1.45. The SMILES string of the molecule is O=C(CP(=O)(c1ccccc1)c1ccccc1)c1cccc(C(=O)CP(=O)(c2ccccc2)c2ccccc2)c1. The molecule has 0 atom stereocenters. The van der Waals surface area contributed by atoms with Gasteiger partial charge < -0.3 is 9.13 Å². The van der Waals surface area contributed by atoms with E-state index in [1.807, 2.05) is 72.8 Å². The lowest BCUT2D eigenvalue weighted by Crippen LogP contribution is -2.23. The van der Waals surface area contributed by atoms with E-state index in [0.29, 0.717) is 32.3 Å². The van der Waals surface area contributed by atoms with Gasteiger partial charge in [0.15, 0.2) is 25.9 Å². The molecule has 6 heteroatoms. The van der Waals surface area contributed by atoms with Gasteiger partial charge in [0.1, 0.15) is 0 Å². The van der Waals surface area contributed by atoms with Gasteiger partial charge >= 0.3 is 0 Å². The van der Waals surface area contributed by atoms with Crippen molar-refractivity contribution in [3.63, 3.8) is 0 Å². The number of benzene rings is 5. The van der Waals surface area contributed by atoms with Gasteiger partial charge in [0.25, 0.3) is 0 Å². The third-order valence-electron chi connectivity index (χ3n) is 6.93. The summed E-state index contributed by atoms with van der Waals surface area (Å²) in [7, 11) is -6.55. The highest BCUT2D eigenvalue weighted by molar-refractivity contribution is 7.79. The standard InChI is InChI=1S/C34H28O4P2/c35-33(25-39(37,29-16-5-1-6-17-29)30-18-7-2-8-19-30)27-14-13-15-28(24-27)34(36)26-40(38,31-20-9-3-10-21-31)32-22-11-4-12-23-32/h1-24H,25-26H2. The van der Waals surface area contributed by atoms with E-state index >= 15 is 0 Å². The number of hydrogen-bond donors (Lipinski definition) is 0. The highest BCUT2D eigenvalue weighted by Crippen LogP contribution is 2.45. The number of Topliss-reactive ketones (excluding diaryl/α,β-unsaturated/α-hetero) is 2. The van der Waals surface area contributed by atoms with Crippen LogP contribution in [0.1, 0.15) is 20.7 Å². The first kappa shape index (κ1) is 27.5. The van der Waals surface area contributed by atoms with E-state index < -0.39 is 14.3 Å². The molecule has 0 spiro atoms. The summed E-state index contributed by atoms with van der Waals surface area (Å²) in [5.41, 5.74) is 0.597. The lowest BCUT2D eigenvalue weighted by Gasteiger charge is -2.20. The zero-order chi connectivity index (χ0) is 28.0. The fourth-order valence-electron chi connectivity index (χ4n) is 4.79. The lowest BCUT2D eigenvalue weighted by molar-refractivity contribution is 0.101. The predicted octanol–water partition coefficient (Wildman–Crippen LogP) is 6.08. The van der Waals surface area contributed by atoms with Crippen LogP contribution in [0.3, 0.4) is 0 Å². The highest BCUT2D eigenvalue weighted by Gasteiger charge is 2.32. The van der Waals surface area contributed by atoms with E-state index in [1.54, 1.807) is 66.7 Å². The summed E-state index contributed by atoms with van der Waals surface area (Å²) < 4.78 is 28.8. The molecular formula is C34H28O4P2. The molecule has 0 aliphatic heterocycles. The van der Waals surface area contributed by atoms with Gasteiger partial charge in [-0.3, -0.25) is 9.59 Å². The van der Waals surface area contributed by atoms with Crippen LogP contribution < -0.4 is 21.2 Å². The average Bonchev–Trinajstić information content (AvgIpc) is 3.02. The van der Waals surface area contributed by atoms with Crippen molar-refractivity contribution in [2.45, 2.75) is 0 Å². The lowest BCUT2D eigenvalue weighted by atomic mass is 10.1. The number of carbonyl (C=O) groups excluding carboxylic acids is 2. The van der Waals surface area contributed by atoms with Gasteiger partial charge in [-0.05, 0) is 6.07 Å². The first-order valence-electron chi connectivity index (χ1n) is 13.0. The molecule has 0 aliphatic carbocycles. The van der Waals surface area contributed by atoms with Crippen molar-refractivity contribution in [2.24, 2.45) is 0 Å². The molecule has 0 aliphatic rings. The van der Waals surface area contributed by atoms with Crippen LogP contribution in [-0.4, -0.2) is 23.9 Å². The normalized spacial score (nSPS) is 11.6. The number of ketones is 2. The van der Waals surface area contributed by atoms with Crippen LogP contribution >= 0.6 is 14.3 Å². The van der Waals surface area contributed by atoms with Crippen LogP contribution in [0.2, 0.25) is 0 Å². The second-order valence-electron chi connectivity index (χ2n) is 9.56. The Hall–Kier alpha value is -4.10. The second-order valence-corrected chi connectivity index (χ2v) is 15.2. The molecule has 5 aromatic rings. The maximum Gasteiger partial charge on any atom is 0.170 e. The van der Waals surface area contributed by atoms with Crippen molar-refractivity contribution in [3.05, 3.63) is 157 Å². The molecule has 198 valence electrons. The van der Waals surface area contributed by atoms with Gasteiger partial charge in [0.05, 0.1) is 12.3 Å². The Morgan fingerprint density at radius 3 is 0.950 bits per heavy atom. The molecular weight excluding hydrogens is 534 g/mol. The van der Waals surface area contributed by atoms with Gasteiger partial charge in [-0.25, -0.2) is 0 Å². The van der Waals surface area contributed by atoms with Crippen molar-refractivity contribution >= 4 is 47.1 Å². The maximum atomic E-state index is 14.4. The summed E-state index contributed by atoms with van der Waals surface area (Å²) in [6.07, 6.45) is -0.406. The summed E-state index contributed by atoms with van der Waals surface area (Å²) in [4.78, 5) is 27.1. The predicted molar refractivity (Wildman–Crippen MR) is 164 cm³/mol. The van der Waals surface area contributed by atoms with Crippen LogP contribution in [0.5, 0.6) is 0 Å². The topological polar surface area (TPSA) is 68.3 Å². The van der Waals surface area contributed by atoms with Gasteiger partial charge in [0, 0.05) is 32.3 Å². The van der Waals surface area contributed by atoms with Crippen molar-refractivity contribution in [3.8, 4) is 0 Å². The van der Waals surface area contributed by atoms with Crippen molar-refractivity contribution in [2.75, 3.05) is 12.3 Å². The molecule has 5 rings (SSSR count). The molecule has 0 bridgehead atoms. The Labute approximate surface area is 234 Å². The van der Waals surface area contributed by atoms with Crippen molar-refractivity contribution in [1.29, 1.82) is 0 Å². The molecule has 0 unspecified atom stereocenters. The summed E-state index contributed by atoms with van der Waals surface area (Å²) in [5.74, 6) is -0.639.